The Morgan fingerprint density at radius 1 is 1.06 bits per heavy atom. The van der Waals surface area contributed by atoms with Crippen molar-refractivity contribution in [3.8, 4) is 11.4 Å². The van der Waals surface area contributed by atoms with Crippen LogP contribution >= 0.6 is 11.6 Å². The van der Waals surface area contributed by atoms with E-state index in [0.717, 1.165) is 15.3 Å². The quantitative estimate of drug-likeness (QED) is 0.438. The molecule has 0 fully saturated rings. The van der Waals surface area contributed by atoms with Gasteiger partial charge < -0.3 is 9.88 Å². The van der Waals surface area contributed by atoms with Crippen molar-refractivity contribution in [1.29, 1.82) is 0 Å². The van der Waals surface area contributed by atoms with E-state index < -0.39 is 34.5 Å². The summed E-state index contributed by atoms with van der Waals surface area (Å²) in [4.78, 5) is 17.0. The molecule has 0 aromatic carbocycles. The maximum Gasteiger partial charge on any atom is 0.435 e. The number of nitrogens with one attached hydrogen (secondary N) is 1. The lowest BCUT2D eigenvalue weighted by Crippen LogP contribution is -2.18. The van der Waals surface area contributed by atoms with Crippen LogP contribution in [0.1, 0.15) is 46.9 Å². The molecule has 1 N–H and O–H groups in total. The molecule has 0 unspecified atom stereocenters. The van der Waals surface area contributed by atoms with E-state index in [4.69, 9.17) is 11.6 Å². The molecule has 13 heteroatoms. The van der Waals surface area contributed by atoms with Crippen molar-refractivity contribution in [2.75, 3.05) is 5.32 Å². The van der Waals surface area contributed by atoms with Gasteiger partial charge in [-0.2, -0.15) is 31.4 Å². The number of carbonyl (C=O) groups is 1. The van der Waals surface area contributed by atoms with E-state index in [-0.39, 0.29) is 34.9 Å². The number of hydrogen-bond donors (Lipinski definition) is 1. The monoisotopic (exact) mass is 507 g/mol. The molecular weight excluding hydrogens is 488 g/mol. The number of anilines is 1. The molecule has 0 aliphatic rings. The molecule has 0 saturated carbocycles. The Morgan fingerprint density at radius 3 is 2.18 bits per heavy atom. The summed E-state index contributed by atoms with van der Waals surface area (Å²) in [6.45, 7) is 3.26. The van der Waals surface area contributed by atoms with Gasteiger partial charge in [0.05, 0.1) is 33.9 Å². The van der Waals surface area contributed by atoms with E-state index in [0.29, 0.717) is 12.0 Å². The van der Waals surface area contributed by atoms with Crippen molar-refractivity contribution in [3.05, 3.63) is 51.6 Å². The number of aromatic nitrogens is 4. The van der Waals surface area contributed by atoms with E-state index >= 15 is 0 Å². The molecule has 0 radical (unpaired) electrons. The number of aryl methyl sites for hydroxylation is 2. The molecular formula is C21H20ClF6N5O. The lowest BCUT2D eigenvalue weighted by Gasteiger charge is -2.12. The molecule has 0 atom stereocenters. The van der Waals surface area contributed by atoms with Gasteiger partial charge in [-0.1, -0.05) is 25.4 Å². The first-order valence-corrected chi connectivity index (χ1v) is 10.4. The van der Waals surface area contributed by atoms with Crippen molar-refractivity contribution in [2.45, 2.75) is 39.0 Å². The highest BCUT2D eigenvalue weighted by Gasteiger charge is 2.41. The highest BCUT2D eigenvalue weighted by molar-refractivity contribution is 6.35. The Bertz CT molecular complexity index is 1240. The Labute approximate surface area is 195 Å². The minimum Gasteiger partial charge on any atom is -0.342 e. The molecule has 0 aliphatic carbocycles. The topological polar surface area (TPSA) is 64.7 Å². The summed E-state index contributed by atoms with van der Waals surface area (Å²) in [5, 5.41) is 5.27. The number of halogens is 7. The van der Waals surface area contributed by atoms with Gasteiger partial charge in [0, 0.05) is 19.8 Å². The van der Waals surface area contributed by atoms with Crippen LogP contribution < -0.4 is 5.32 Å². The van der Waals surface area contributed by atoms with Crippen LogP contribution in [-0.4, -0.2) is 25.2 Å². The third kappa shape index (κ3) is 4.63. The number of carbonyl (C=O) groups excluding carboxylic acids is 1. The zero-order chi connectivity index (χ0) is 25.6. The Balaban J connectivity index is 1.99. The molecule has 3 heterocycles. The van der Waals surface area contributed by atoms with Crippen molar-refractivity contribution in [2.24, 2.45) is 14.1 Å². The summed E-state index contributed by atoms with van der Waals surface area (Å²) in [5.41, 5.74) is -1.65. The van der Waals surface area contributed by atoms with Gasteiger partial charge in [0.25, 0.3) is 5.91 Å². The summed E-state index contributed by atoms with van der Waals surface area (Å²) in [7, 11) is 2.66. The maximum atomic E-state index is 13.5. The molecule has 3 aromatic rings. The lowest BCUT2D eigenvalue weighted by molar-refractivity contribution is -0.141. The van der Waals surface area contributed by atoms with Crippen molar-refractivity contribution in [1.82, 2.24) is 19.3 Å². The fraction of sp³-hybridized carbons (Fsp3) is 0.381. The standard InChI is InChI=1S/C21H20ClF6N5O/c1-5-10-7-11(14-8-15(20(23,24)25)31-33(14)4)29-9-12(10)30-19(34)18-17(22)16(21(26,27)28)13(6-2)32(18)3/h7-9H,5-6H2,1-4H3,(H,30,34). The summed E-state index contributed by atoms with van der Waals surface area (Å²) in [6.07, 6.45) is -7.79. The van der Waals surface area contributed by atoms with E-state index in [1.807, 2.05) is 0 Å². The van der Waals surface area contributed by atoms with Crippen LogP contribution in [-0.2, 0) is 39.3 Å². The van der Waals surface area contributed by atoms with Gasteiger partial charge in [0.1, 0.15) is 5.69 Å². The Hall–Kier alpha value is -3.02. The summed E-state index contributed by atoms with van der Waals surface area (Å²) in [5.74, 6) is -0.873. The SMILES string of the molecule is CCc1cc(-c2cc(C(F)(F)F)nn2C)ncc1NC(=O)c1c(Cl)c(C(F)(F)F)c(CC)n1C. The first-order chi connectivity index (χ1) is 15.7. The number of hydrogen-bond acceptors (Lipinski definition) is 3. The Morgan fingerprint density at radius 2 is 1.71 bits per heavy atom. The van der Waals surface area contributed by atoms with Gasteiger partial charge >= 0.3 is 12.4 Å². The molecule has 184 valence electrons. The van der Waals surface area contributed by atoms with Gasteiger partial charge in [0.2, 0.25) is 0 Å². The first-order valence-electron chi connectivity index (χ1n) is 10.1. The summed E-state index contributed by atoms with van der Waals surface area (Å²) >= 11 is 5.98. The average Bonchev–Trinajstić information content (AvgIpc) is 3.24. The number of alkyl halides is 6. The van der Waals surface area contributed by atoms with Crippen LogP contribution in [0.4, 0.5) is 32.0 Å². The Kier molecular flexibility index (Phi) is 6.75. The number of pyridine rings is 1. The molecule has 6 nitrogen and oxygen atoms in total. The highest BCUT2D eigenvalue weighted by atomic mass is 35.5. The zero-order valence-electron chi connectivity index (χ0n) is 18.5. The highest BCUT2D eigenvalue weighted by Crippen LogP contribution is 2.41. The summed E-state index contributed by atoms with van der Waals surface area (Å²) in [6, 6.07) is 2.34. The van der Waals surface area contributed by atoms with Crippen LogP contribution in [0.15, 0.2) is 18.3 Å². The smallest absolute Gasteiger partial charge is 0.342 e. The lowest BCUT2D eigenvalue weighted by atomic mass is 10.1. The fourth-order valence-corrected chi connectivity index (χ4v) is 4.15. The van der Waals surface area contributed by atoms with Gasteiger partial charge in [-0.15, -0.1) is 0 Å². The second-order valence-corrected chi connectivity index (χ2v) is 7.84. The van der Waals surface area contributed by atoms with Gasteiger partial charge in [-0.3, -0.25) is 14.5 Å². The number of rotatable bonds is 5. The van der Waals surface area contributed by atoms with Crippen LogP contribution in [0.5, 0.6) is 0 Å². The minimum absolute atomic E-state index is 0.000575. The molecule has 0 spiro atoms. The van der Waals surface area contributed by atoms with Crippen LogP contribution in [0.3, 0.4) is 0 Å². The predicted octanol–water partition coefficient (Wildman–Crippen LogP) is 5.89. The maximum absolute atomic E-state index is 13.5. The second kappa shape index (κ2) is 8.97. The van der Waals surface area contributed by atoms with E-state index in [1.54, 1.807) is 6.92 Å². The first kappa shape index (κ1) is 25.6. The molecule has 0 saturated heterocycles. The molecule has 34 heavy (non-hydrogen) atoms. The number of nitrogens with zero attached hydrogens (tertiary/aromatic N) is 4. The van der Waals surface area contributed by atoms with Crippen molar-refractivity contribution >= 4 is 23.2 Å². The predicted molar refractivity (Wildman–Crippen MR) is 114 cm³/mol. The largest absolute Gasteiger partial charge is 0.435 e. The normalized spacial score (nSPS) is 12.3. The average molecular weight is 508 g/mol. The van der Waals surface area contributed by atoms with E-state index in [2.05, 4.69) is 15.4 Å². The molecule has 0 aliphatic heterocycles. The van der Waals surface area contributed by atoms with Crippen LogP contribution in [0.2, 0.25) is 5.02 Å². The third-order valence-electron chi connectivity index (χ3n) is 5.34. The van der Waals surface area contributed by atoms with Crippen LogP contribution in [0.25, 0.3) is 11.4 Å². The van der Waals surface area contributed by atoms with Crippen molar-refractivity contribution < 1.29 is 31.1 Å². The fourth-order valence-electron chi connectivity index (χ4n) is 3.72. The second-order valence-electron chi connectivity index (χ2n) is 7.47. The molecule has 3 rings (SSSR count). The van der Waals surface area contributed by atoms with Gasteiger partial charge in [-0.25, -0.2) is 0 Å². The van der Waals surface area contributed by atoms with Gasteiger partial charge in [0.15, 0.2) is 5.69 Å². The third-order valence-corrected chi connectivity index (χ3v) is 5.71. The number of amides is 1. The van der Waals surface area contributed by atoms with E-state index in [1.165, 1.54) is 33.3 Å². The molecule has 1 amide bonds. The van der Waals surface area contributed by atoms with Gasteiger partial charge in [-0.05, 0) is 30.5 Å². The molecule has 0 bridgehead atoms. The zero-order valence-corrected chi connectivity index (χ0v) is 19.2. The molecule has 3 aromatic heterocycles. The van der Waals surface area contributed by atoms with Crippen LogP contribution in [0, 0.1) is 0 Å². The minimum atomic E-state index is -4.74. The summed E-state index contributed by atoms with van der Waals surface area (Å²) < 4.78 is 81.6. The van der Waals surface area contributed by atoms with Crippen molar-refractivity contribution in [3.63, 3.8) is 0 Å². The van der Waals surface area contributed by atoms with E-state index in [9.17, 15) is 31.1 Å².